The molecule has 9 aromatic carbocycles. The van der Waals surface area contributed by atoms with Gasteiger partial charge in [-0.15, -0.1) is 0 Å². The topological polar surface area (TPSA) is 3.24 Å². The minimum absolute atomic E-state index is 0.134. The molecule has 0 heterocycles. The molecule has 57 heavy (non-hydrogen) atoms. The molecule has 3 aliphatic carbocycles. The molecule has 0 N–H and O–H groups in total. The molecule has 0 amide bonds. The van der Waals surface area contributed by atoms with Crippen LogP contribution in [-0.4, -0.2) is 0 Å². The lowest BCUT2D eigenvalue weighted by Gasteiger charge is -2.36. The van der Waals surface area contributed by atoms with Crippen molar-refractivity contribution in [1.29, 1.82) is 0 Å². The monoisotopic (exact) mass is 725 g/mol. The number of fused-ring (bicyclic) bond motifs is 15. The van der Waals surface area contributed by atoms with Crippen LogP contribution in [0, 0.1) is 0 Å². The molecule has 12 rings (SSSR count). The Kier molecular flexibility index (Phi) is 6.67. The number of hydrogen-bond donors (Lipinski definition) is 0. The largest absolute Gasteiger partial charge is 0.310 e. The van der Waals surface area contributed by atoms with E-state index in [0.29, 0.717) is 0 Å². The van der Waals surface area contributed by atoms with Gasteiger partial charge < -0.3 is 4.90 Å². The zero-order chi connectivity index (χ0) is 37.9. The molecule has 0 saturated carbocycles. The van der Waals surface area contributed by atoms with Crippen molar-refractivity contribution in [3.63, 3.8) is 0 Å². The molecule has 3 aliphatic rings. The van der Waals surface area contributed by atoms with E-state index in [2.05, 4.69) is 219 Å². The van der Waals surface area contributed by atoms with Crippen LogP contribution in [0.2, 0.25) is 0 Å². The fourth-order valence-corrected chi connectivity index (χ4v) is 10.8. The summed E-state index contributed by atoms with van der Waals surface area (Å²) in [6, 6.07) is 75.0. The Labute approximate surface area is 334 Å². The summed E-state index contributed by atoms with van der Waals surface area (Å²) in [5.41, 5.74) is 21.3. The van der Waals surface area contributed by atoms with Crippen molar-refractivity contribution >= 4 is 27.8 Å². The van der Waals surface area contributed by atoms with E-state index in [1.54, 1.807) is 0 Å². The van der Waals surface area contributed by atoms with Gasteiger partial charge in [-0.05, 0) is 113 Å². The molecule has 9 aromatic rings. The molecule has 0 aromatic heterocycles. The maximum atomic E-state index is 2.54. The molecule has 0 fully saturated rings. The maximum Gasteiger partial charge on any atom is 0.0746 e. The molecule has 0 saturated heterocycles. The van der Waals surface area contributed by atoms with Gasteiger partial charge in [0.15, 0.2) is 0 Å². The van der Waals surface area contributed by atoms with Crippen molar-refractivity contribution < 1.29 is 0 Å². The summed E-state index contributed by atoms with van der Waals surface area (Å²) in [5.74, 6) is 0. The molecule has 1 atom stereocenters. The minimum atomic E-state index is -0.521. The van der Waals surface area contributed by atoms with Crippen LogP contribution in [-0.2, 0) is 10.8 Å². The van der Waals surface area contributed by atoms with Crippen LogP contribution in [0.5, 0.6) is 0 Å². The lowest BCUT2D eigenvalue weighted by molar-refractivity contribution is 0.660. The SMILES string of the molecule is CC1(C)c2ccccc2-c2ccc(N(c3ccc(-c4ccccc4)cc3)c3cccc4c3C3(c5ccccc5-4)c4ccccc4-c4c3ccc3ccccc43)cc21. The average molecular weight is 726 g/mol. The van der Waals surface area contributed by atoms with Crippen LogP contribution in [0.1, 0.15) is 47.2 Å². The van der Waals surface area contributed by atoms with Crippen molar-refractivity contribution in [2.45, 2.75) is 24.7 Å². The lowest BCUT2D eigenvalue weighted by atomic mass is 9.69. The number of hydrogen-bond acceptors (Lipinski definition) is 1. The molecular weight excluding hydrogens is 687 g/mol. The summed E-state index contributed by atoms with van der Waals surface area (Å²) in [6.07, 6.45) is 0. The van der Waals surface area contributed by atoms with Gasteiger partial charge in [-0.3, -0.25) is 0 Å². The van der Waals surface area contributed by atoms with Crippen molar-refractivity contribution in [2.24, 2.45) is 0 Å². The highest BCUT2D eigenvalue weighted by molar-refractivity contribution is 6.07. The van der Waals surface area contributed by atoms with Gasteiger partial charge in [0.05, 0.1) is 11.1 Å². The zero-order valence-corrected chi connectivity index (χ0v) is 32.0. The van der Waals surface area contributed by atoms with Crippen molar-refractivity contribution in [1.82, 2.24) is 0 Å². The van der Waals surface area contributed by atoms with E-state index in [1.165, 1.54) is 94.3 Å². The first-order valence-electron chi connectivity index (χ1n) is 20.1. The number of nitrogens with zero attached hydrogens (tertiary/aromatic N) is 1. The smallest absolute Gasteiger partial charge is 0.0746 e. The second-order valence-corrected chi connectivity index (χ2v) is 16.4. The van der Waals surface area contributed by atoms with Crippen LogP contribution in [0.25, 0.3) is 55.3 Å². The van der Waals surface area contributed by atoms with E-state index >= 15 is 0 Å². The molecular formula is C56H39N. The lowest BCUT2D eigenvalue weighted by Crippen LogP contribution is -2.28. The summed E-state index contributed by atoms with van der Waals surface area (Å²) in [5, 5.41) is 2.57. The molecule has 0 aliphatic heterocycles. The summed E-state index contributed by atoms with van der Waals surface area (Å²) >= 11 is 0. The minimum Gasteiger partial charge on any atom is -0.310 e. The van der Waals surface area contributed by atoms with Crippen LogP contribution >= 0.6 is 0 Å². The van der Waals surface area contributed by atoms with Gasteiger partial charge >= 0.3 is 0 Å². The fraction of sp³-hybridized carbons (Fsp3) is 0.0714. The van der Waals surface area contributed by atoms with Crippen molar-refractivity contribution in [3.05, 3.63) is 234 Å². The maximum absolute atomic E-state index is 2.54. The molecule has 1 nitrogen and oxygen atoms in total. The normalized spacial score (nSPS) is 16.1. The summed E-state index contributed by atoms with van der Waals surface area (Å²) < 4.78 is 0. The highest BCUT2D eigenvalue weighted by Gasteiger charge is 2.53. The van der Waals surface area contributed by atoms with E-state index in [1.807, 2.05) is 0 Å². The second-order valence-electron chi connectivity index (χ2n) is 16.4. The fourth-order valence-electron chi connectivity index (χ4n) is 10.8. The summed E-state index contributed by atoms with van der Waals surface area (Å²) in [7, 11) is 0. The molecule has 0 radical (unpaired) electrons. The van der Waals surface area contributed by atoms with Crippen molar-refractivity contribution in [2.75, 3.05) is 4.90 Å². The van der Waals surface area contributed by atoms with Crippen molar-refractivity contribution in [3.8, 4) is 44.5 Å². The predicted molar refractivity (Wildman–Crippen MR) is 238 cm³/mol. The first-order chi connectivity index (χ1) is 28.0. The van der Waals surface area contributed by atoms with Gasteiger partial charge in [0.25, 0.3) is 0 Å². The summed E-state index contributed by atoms with van der Waals surface area (Å²) in [4.78, 5) is 2.54. The average Bonchev–Trinajstić information content (AvgIpc) is 3.83. The molecule has 0 bridgehead atoms. The van der Waals surface area contributed by atoms with Crippen LogP contribution in [0.3, 0.4) is 0 Å². The van der Waals surface area contributed by atoms with E-state index in [9.17, 15) is 0 Å². The third-order valence-corrected chi connectivity index (χ3v) is 13.3. The third kappa shape index (κ3) is 4.29. The highest BCUT2D eigenvalue weighted by atomic mass is 15.1. The standard InChI is InChI=1S/C56H39N/c1-55(2)47-23-11-8-19-42(47)44-33-32-40(35-51(44)55)57(39-30-27-37(28-31-39)36-15-4-3-5-16-36)52-26-14-22-45-43-20-9-12-24-48(43)56(54(45)52)49-25-13-10-21-46(49)53-41-18-7-6-17-38(41)29-34-50(53)56/h3-35H,1-2H3. The Balaban J connectivity index is 1.17. The quantitative estimate of drug-likeness (QED) is 0.175. The van der Waals surface area contributed by atoms with E-state index in [4.69, 9.17) is 0 Å². The van der Waals surface area contributed by atoms with Crippen LogP contribution in [0.15, 0.2) is 200 Å². The van der Waals surface area contributed by atoms with E-state index in [-0.39, 0.29) is 5.41 Å². The number of rotatable bonds is 4. The van der Waals surface area contributed by atoms with Crippen LogP contribution in [0.4, 0.5) is 17.1 Å². The van der Waals surface area contributed by atoms with Crippen LogP contribution < -0.4 is 4.90 Å². The predicted octanol–water partition coefficient (Wildman–Crippen LogP) is 14.6. The molecule has 1 spiro atoms. The number of anilines is 3. The van der Waals surface area contributed by atoms with Gasteiger partial charge in [-0.2, -0.15) is 0 Å². The van der Waals surface area contributed by atoms with E-state index < -0.39 is 5.41 Å². The Hall–Kier alpha value is -6.96. The second kappa shape index (κ2) is 11.8. The van der Waals surface area contributed by atoms with Gasteiger partial charge in [0, 0.05) is 22.4 Å². The molecule has 1 unspecified atom stereocenters. The Morgan fingerprint density at radius 2 is 0.947 bits per heavy atom. The molecule has 1 heteroatoms. The molecule has 268 valence electrons. The summed E-state index contributed by atoms with van der Waals surface area (Å²) in [6.45, 7) is 4.76. The Morgan fingerprint density at radius 3 is 1.74 bits per heavy atom. The third-order valence-electron chi connectivity index (χ3n) is 13.3. The van der Waals surface area contributed by atoms with E-state index in [0.717, 1.165) is 11.4 Å². The van der Waals surface area contributed by atoms with Gasteiger partial charge in [0.1, 0.15) is 0 Å². The zero-order valence-electron chi connectivity index (χ0n) is 32.0. The Bertz CT molecular complexity index is 3100. The highest BCUT2D eigenvalue weighted by Crippen LogP contribution is 2.66. The first-order valence-corrected chi connectivity index (χ1v) is 20.1. The van der Waals surface area contributed by atoms with Gasteiger partial charge in [0.2, 0.25) is 0 Å². The Morgan fingerprint density at radius 1 is 0.368 bits per heavy atom. The first kappa shape index (κ1) is 32.3. The van der Waals surface area contributed by atoms with Gasteiger partial charge in [-0.25, -0.2) is 0 Å². The van der Waals surface area contributed by atoms with Gasteiger partial charge in [-0.1, -0.05) is 184 Å². The number of benzene rings is 9.